The highest BCUT2D eigenvalue weighted by molar-refractivity contribution is 7.92. The number of ether oxygens (including phenoxy) is 1. The molecule has 0 saturated heterocycles. The Balaban J connectivity index is 2.09. The second-order valence-electron chi connectivity index (χ2n) is 10.8. The minimum Gasteiger partial charge on any atom is -0.492 e. The minimum atomic E-state index is -4.19. The zero-order valence-corrected chi connectivity index (χ0v) is 26.3. The first kappa shape index (κ1) is 32.7. The molecule has 3 rings (SSSR count). The molecular weight excluding hydrogens is 550 g/mol. The summed E-state index contributed by atoms with van der Waals surface area (Å²) in [4.78, 5) is 29.1. The number of benzene rings is 3. The van der Waals surface area contributed by atoms with E-state index < -0.39 is 28.5 Å². The summed E-state index contributed by atoms with van der Waals surface area (Å²) in [6.45, 7) is 11.9. The second kappa shape index (κ2) is 14.9. The molecule has 0 radical (unpaired) electrons. The van der Waals surface area contributed by atoms with Crippen molar-refractivity contribution < 1.29 is 22.7 Å². The van der Waals surface area contributed by atoms with E-state index in [2.05, 4.69) is 5.32 Å². The fourth-order valence-electron chi connectivity index (χ4n) is 4.52. The summed E-state index contributed by atoms with van der Waals surface area (Å²) in [7, 11) is -4.19. The molecule has 9 heteroatoms. The Morgan fingerprint density at radius 2 is 1.48 bits per heavy atom. The van der Waals surface area contributed by atoms with E-state index in [9.17, 15) is 18.0 Å². The molecule has 3 aromatic rings. The van der Waals surface area contributed by atoms with E-state index in [1.54, 1.807) is 36.4 Å². The smallest absolute Gasteiger partial charge is 0.264 e. The van der Waals surface area contributed by atoms with Crippen LogP contribution in [-0.2, 0) is 26.2 Å². The van der Waals surface area contributed by atoms with Gasteiger partial charge in [0.15, 0.2) is 0 Å². The van der Waals surface area contributed by atoms with Gasteiger partial charge in [-0.15, -0.1) is 0 Å². The van der Waals surface area contributed by atoms with Crippen molar-refractivity contribution in [1.29, 1.82) is 0 Å². The van der Waals surface area contributed by atoms with Crippen LogP contribution in [0.25, 0.3) is 0 Å². The molecule has 0 bridgehead atoms. The average Bonchev–Trinajstić information content (AvgIpc) is 2.96. The molecule has 226 valence electrons. The highest BCUT2D eigenvalue weighted by Crippen LogP contribution is 2.33. The number of hydrogen-bond acceptors (Lipinski definition) is 5. The number of aryl methyl sites for hydroxylation is 2. The van der Waals surface area contributed by atoms with E-state index in [0.717, 1.165) is 21.0 Å². The Labute approximate surface area is 250 Å². The zero-order valence-electron chi connectivity index (χ0n) is 25.5. The molecular formula is C33H43N3O5S. The van der Waals surface area contributed by atoms with Crippen LogP contribution in [0.5, 0.6) is 5.75 Å². The normalized spacial score (nSPS) is 12.1. The van der Waals surface area contributed by atoms with E-state index in [4.69, 9.17) is 4.74 Å². The van der Waals surface area contributed by atoms with Crippen LogP contribution in [0.3, 0.4) is 0 Å². The van der Waals surface area contributed by atoms with Crippen LogP contribution < -0.4 is 14.4 Å². The molecule has 42 heavy (non-hydrogen) atoms. The van der Waals surface area contributed by atoms with Crippen molar-refractivity contribution in [3.8, 4) is 5.75 Å². The first-order chi connectivity index (χ1) is 20.0. The van der Waals surface area contributed by atoms with E-state index in [1.807, 2.05) is 65.8 Å². The zero-order chi connectivity index (χ0) is 30.9. The van der Waals surface area contributed by atoms with Crippen LogP contribution in [0.15, 0.2) is 77.7 Å². The van der Waals surface area contributed by atoms with Crippen molar-refractivity contribution in [2.24, 2.45) is 5.92 Å². The van der Waals surface area contributed by atoms with Crippen LogP contribution in [0.4, 0.5) is 5.69 Å². The Bertz CT molecular complexity index is 1440. The lowest BCUT2D eigenvalue weighted by atomic mass is 10.1. The molecule has 0 aliphatic rings. The second-order valence-corrected chi connectivity index (χ2v) is 12.7. The van der Waals surface area contributed by atoms with Gasteiger partial charge in [0.1, 0.15) is 18.3 Å². The van der Waals surface area contributed by atoms with Gasteiger partial charge in [0.05, 0.1) is 17.2 Å². The summed E-state index contributed by atoms with van der Waals surface area (Å²) < 4.78 is 35.1. The summed E-state index contributed by atoms with van der Waals surface area (Å²) in [6.07, 6.45) is 0.363. The van der Waals surface area contributed by atoms with Crippen molar-refractivity contribution >= 4 is 27.5 Å². The number of para-hydroxylation sites is 2. The fraction of sp³-hybridized carbons (Fsp3) is 0.394. The summed E-state index contributed by atoms with van der Waals surface area (Å²) in [6, 6.07) is 20.2. The van der Waals surface area contributed by atoms with Gasteiger partial charge in [0.25, 0.3) is 10.0 Å². The third kappa shape index (κ3) is 8.35. The topological polar surface area (TPSA) is 96.0 Å². The number of anilines is 1. The van der Waals surface area contributed by atoms with Crippen LogP contribution in [-0.4, -0.2) is 50.9 Å². The third-order valence-electron chi connectivity index (χ3n) is 6.87. The van der Waals surface area contributed by atoms with E-state index in [1.165, 1.54) is 17.0 Å². The molecule has 1 atom stereocenters. The predicted octanol–water partition coefficient (Wildman–Crippen LogP) is 5.48. The first-order valence-electron chi connectivity index (χ1n) is 14.4. The molecule has 3 aromatic carbocycles. The maximum atomic E-state index is 14.2. The molecule has 0 heterocycles. The summed E-state index contributed by atoms with van der Waals surface area (Å²) in [5.41, 5.74) is 3.07. The molecule has 1 N–H and O–H groups in total. The van der Waals surface area contributed by atoms with Crippen molar-refractivity contribution in [3.63, 3.8) is 0 Å². The Morgan fingerprint density at radius 1 is 0.881 bits per heavy atom. The lowest BCUT2D eigenvalue weighted by Crippen LogP contribution is -2.52. The average molecular weight is 594 g/mol. The minimum absolute atomic E-state index is 0.0546. The SMILES string of the molecule is CCOc1ccccc1N(CC(=O)N(Cc1ccc(C)cc1)C(CC)C(=O)NCC(C)C)S(=O)(=O)c1ccc(C)cc1. The predicted molar refractivity (Wildman–Crippen MR) is 167 cm³/mol. The van der Waals surface area contributed by atoms with Gasteiger partial charge in [-0.3, -0.25) is 13.9 Å². The number of sulfonamides is 1. The van der Waals surface area contributed by atoms with E-state index >= 15 is 0 Å². The first-order valence-corrected chi connectivity index (χ1v) is 15.9. The number of hydrogen-bond donors (Lipinski definition) is 1. The molecule has 2 amide bonds. The molecule has 0 aromatic heterocycles. The number of amides is 2. The highest BCUT2D eigenvalue weighted by Gasteiger charge is 2.34. The van der Waals surface area contributed by atoms with Crippen LogP contribution >= 0.6 is 0 Å². The summed E-state index contributed by atoms with van der Waals surface area (Å²) in [5.74, 6) is -0.188. The van der Waals surface area contributed by atoms with Crippen LogP contribution in [0, 0.1) is 19.8 Å². The van der Waals surface area contributed by atoms with Crippen LogP contribution in [0.1, 0.15) is 50.8 Å². The molecule has 0 fully saturated rings. The third-order valence-corrected chi connectivity index (χ3v) is 8.64. The molecule has 0 aliphatic carbocycles. The van der Waals surface area contributed by atoms with Gasteiger partial charge in [0, 0.05) is 13.1 Å². The monoisotopic (exact) mass is 593 g/mol. The van der Waals surface area contributed by atoms with Gasteiger partial charge < -0.3 is 15.0 Å². The number of rotatable bonds is 14. The molecule has 0 aliphatic heterocycles. The van der Waals surface area contributed by atoms with E-state index in [-0.39, 0.29) is 29.0 Å². The van der Waals surface area contributed by atoms with Crippen molar-refractivity contribution in [2.75, 3.05) is 24.0 Å². The largest absolute Gasteiger partial charge is 0.492 e. The maximum absolute atomic E-state index is 14.2. The van der Waals surface area contributed by atoms with Gasteiger partial charge in [-0.05, 0) is 62.9 Å². The molecule has 0 saturated carbocycles. The van der Waals surface area contributed by atoms with Gasteiger partial charge in [0.2, 0.25) is 11.8 Å². The lowest BCUT2D eigenvalue weighted by Gasteiger charge is -2.33. The van der Waals surface area contributed by atoms with Crippen molar-refractivity contribution in [1.82, 2.24) is 10.2 Å². The lowest BCUT2D eigenvalue weighted by molar-refractivity contribution is -0.140. The van der Waals surface area contributed by atoms with Gasteiger partial charge in [-0.2, -0.15) is 0 Å². The number of nitrogens with one attached hydrogen (secondary N) is 1. The summed E-state index contributed by atoms with van der Waals surface area (Å²) >= 11 is 0. The molecule has 0 spiro atoms. The number of carbonyl (C=O) groups excluding carboxylic acids is 2. The quantitative estimate of drug-likeness (QED) is 0.267. The van der Waals surface area contributed by atoms with Crippen molar-refractivity contribution in [3.05, 3.63) is 89.5 Å². The van der Waals surface area contributed by atoms with Gasteiger partial charge in [-0.25, -0.2) is 8.42 Å². The Hall–Kier alpha value is -3.85. The maximum Gasteiger partial charge on any atom is 0.264 e. The van der Waals surface area contributed by atoms with Gasteiger partial charge >= 0.3 is 0 Å². The standard InChI is InChI=1S/C33H43N3O5S/c1-7-29(33(38)34-21-24(3)4)35(22-27-17-13-25(5)14-18-27)32(37)23-36(30-11-9-10-12-31(30)41-8-2)42(39,40)28-19-15-26(6)16-20-28/h9-20,24,29H,7-8,21-23H2,1-6H3,(H,34,38). The van der Waals surface area contributed by atoms with Gasteiger partial charge in [-0.1, -0.05) is 80.4 Å². The summed E-state index contributed by atoms with van der Waals surface area (Å²) in [5, 5.41) is 2.95. The fourth-order valence-corrected chi connectivity index (χ4v) is 5.95. The highest BCUT2D eigenvalue weighted by atomic mass is 32.2. The Morgan fingerprint density at radius 3 is 2.05 bits per heavy atom. The molecule has 1 unspecified atom stereocenters. The van der Waals surface area contributed by atoms with Crippen molar-refractivity contribution in [2.45, 2.75) is 65.4 Å². The van der Waals surface area contributed by atoms with Crippen LogP contribution in [0.2, 0.25) is 0 Å². The van der Waals surface area contributed by atoms with E-state index in [0.29, 0.717) is 25.3 Å². The Kier molecular flexibility index (Phi) is 11.6. The number of carbonyl (C=O) groups is 2. The molecule has 8 nitrogen and oxygen atoms in total. The number of nitrogens with zero attached hydrogens (tertiary/aromatic N) is 2.